The van der Waals surface area contributed by atoms with Gasteiger partial charge in [0.05, 0.1) is 0 Å². The topological polar surface area (TPSA) is 12.0 Å². The van der Waals surface area contributed by atoms with Crippen molar-refractivity contribution in [3.63, 3.8) is 0 Å². The van der Waals surface area contributed by atoms with Crippen LogP contribution in [0, 0.1) is 18.6 Å². The maximum Gasteiger partial charge on any atom is 0.152 e. The molecule has 0 spiro atoms. The summed E-state index contributed by atoms with van der Waals surface area (Å²) in [5.74, 6) is -0.342. The fourth-order valence-corrected chi connectivity index (χ4v) is 2.33. The predicted molar refractivity (Wildman–Crippen MR) is 76.8 cm³/mol. The van der Waals surface area contributed by atoms with Crippen molar-refractivity contribution in [3.8, 4) is 0 Å². The summed E-state index contributed by atoms with van der Waals surface area (Å²) < 4.78 is 27.4. The van der Waals surface area contributed by atoms with Crippen LogP contribution in [0.3, 0.4) is 0 Å². The molecule has 0 heterocycles. The zero-order valence-corrected chi connectivity index (χ0v) is 11.4. The van der Waals surface area contributed by atoms with E-state index in [1.54, 1.807) is 6.92 Å². The molecule has 104 valence electrons. The number of hydrogen-bond donors (Lipinski definition) is 1. The van der Waals surface area contributed by atoms with Crippen LogP contribution in [0.2, 0.25) is 0 Å². The van der Waals surface area contributed by atoms with Crippen LogP contribution < -0.4 is 5.32 Å². The molecular formula is C17H17F2N. The molecule has 1 aliphatic rings. The summed E-state index contributed by atoms with van der Waals surface area (Å²) in [5.41, 5.74) is 2.78. The van der Waals surface area contributed by atoms with E-state index in [4.69, 9.17) is 0 Å². The molecule has 0 atom stereocenters. The number of hydrogen-bond acceptors (Lipinski definition) is 1. The van der Waals surface area contributed by atoms with Gasteiger partial charge < -0.3 is 5.32 Å². The van der Waals surface area contributed by atoms with Crippen LogP contribution in [-0.4, -0.2) is 0 Å². The Morgan fingerprint density at radius 2 is 1.75 bits per heavy atom. The Morgan fingerprint density at radius 3 is 2.40 bits per heavy atom. The summed E-state index contributed by atoms with van der Waals surface area (Å²) in [6.45, 7) is 2.05. The minimum atomic E-state index is -0.553. The molecule has 20 heavy (non-hydrogen) atoms. The zero-order chi connectivity index (χ0) is 14.1. The van der Waals surface area contributed by atoms with Crippen LogP contribution in [0.4, 0.5) is 14.5 Å². The fourth-order valence-electron chi connectivity index (χ4n) is 2.33. The molecule has 0 bridgehead atoms. The number of anilines is 1. The second-order valence-electron chi connectivity index (χ2n) is 5.42. The third-order valence-corrected chi connectivity index (χ3v) is 3.78. The van der Waals surface area contributed by atoms with Gasteiger partial charge in [0, 0.05) is 6.54 Å². The van der Waals surface area contributed by atoms with E-state index >= 15 is 0 Å². The molecule has 2 aromatic carbocycles. The standard InChI is InChI=1S/C17H17F2N/c1-11-2-9-15(18)17(16(11)19)20-10-12-3-5-13(6-4-12)14-7-8-14/h2-6,9,14,20H,7-8,10H2,1H3. The molecule has 1 saturated carbocycles. The Bertz CT molecular complexity index is 616. The lowest BCUT2D eigenvalue weighted by molar-refractivity contribution is 0.582. The number of aryl methyl sites for hydroxylation is 1. The van der Waals surface area contributed by atoms with Crippen LogP contribution in [0.25, 0.3) is 0 Å². The van der Waals surface area contributed by atoms with Gasteiger partial charge >= 0.3 is 0 Å². The van der Waals surface area contributed by atoms with Crippen molar-refractivity contribution >= 4 is 5.69 Å². The van der Waals surface area contributed by atoms with Crippen molar-refractivity contribution in [1.29, 1.82) is 0 Å². The Labute approximate surface area is 117 Å². The van der Waals surface area contributed by atoms with E-state index in [0.29, 0.717) is 12.1 Å². The van der Waals surface area contributed by atoms with Gasteiger partial charge in [0.1, 0.15) is 11.5 Å². The first kappa shape index (κ1) is 13.1. The lowest BCUT2D eigenvalue weighted by Gasteiger charge is -2.11. The predicted octanol–water partition coefficient (Wildman–Crippen LogP) is 4.76. The molecule has 0 saturated heterocycles. The van der Waals surface area contributed by atoms with Gasteiger partial charge in [-0.1, -0.05) is 30.3 Å². The third kappa shape index (κ3) is 2.67. The Hall–Kier alpha value is -1.90. The van der Waals surface area contributed by atoms with Crippen molar-refractivity contribution in [2.75, 3.05) is 5.32 Å². The quantitative estimate of drug-likeness (QED) is 0.846. The second kappa shape index (κ2) is 5.23. The summed E-state index contributed by atoms with van der Waals surface area (Å²) in [6.07, 6.45) is 2.55. The molecule has 0 radical (unpaired) electrons. The SMILES string of the molecule is Cc1ccc(F)c(NCc2ccc(C3CC3)cc2)c1F. The van der Waals surface area contributed by atoms with Gasteiger partial charge in [0.2, 0.25) is 0 Å². The molecular weight excluding hydrogens is 256 g/mol. The van der Waals surface area contributed by atoms with Crippen molar-refractivity contribution in [3.05, 3.63) is 64.7 Å². The monoisotopic (exact) mass is 273 g/mol. The molecule has 2 aromatic rings. The molecule has 1 fully saturated rings. The van der Waals surface area contributed by atoms with E-state index in [2.05, 4.69) is 17.4 Å². The summed E-state index contributed by atoms with van der Waals surface area (Å²) in [5, 5.41) is 2.85. The number of rotatable bonds is 4. The number of benzene rings is 2. The molecule has 1 aliphatic carbocycles. The van der Waals surface area contributed by atoms with Crippen LogP contribution >= 0.6 is 0 Å². The van der Waals surface area contributed by atoms with E-state index in [1.165, 1.54) is 30.5 Å². The van der Waals surface area contributed by atoms with E-state index in [0.717, 1.165) is 11.5 Å². The maximum absolute atomic E-state index is 13.8. The van der Waals surface area contributed by atoms with Gasteiger partial charge in [-0.2, -0.15) is 0 Å². The molecule has 1 N–H and O–H groups in total. The van der Waals surface area contributed by atoms with Gasteiger partial charge in [-0.05, 0) is 48.4 Å². The highest BCUT2D eigenvalue weighted by atomic mass is 19.1. The zero-order valence-electron chi connectivity index (χ0n) is 11.4. The average molecular weight is 273 g/mol. The first-order valence-electron chi connectivity index (χ1n) is 6.92. The molecule has 0 aromatic heterocycles. The van der Waals surface area contributed by atoms with Crippen molar-refractivity contribution in [2.45, 2.75) is 32.2 Å². The molecule has 0 amide bonds. The molecule has 0 unspecified atom stereocenters. The van der Waals surface area contributed by atoms with Crippen LogP contribution in [0.15, 0.2) is 36.4 Å². The van der Waals surface area contributed by atoms with Gasteiger partial charge in [0.15, 0.2) is 5.82 Å². The van der Waals surface area contributed by atoms with Crippen LogP contribution in [-0.2, 0) is 6.54 Å². The normalized spacial score (nSPS) is 14.3. The molecule has 1 nitrogen and oxygen atoms in total. The summed E-state index contributed by atoms with van der Waals surface area (Å²) in [7, 11) is 0. The van der Waals surface area contributed by atoms with Crippen LogP contribution in [0.1, 0.15) is 35.4 Å². The third-order valence-electron chi connectivity index (χ3n) is 3.78. The highest BCUT2D eigenvalue weighted by Crippen LogP contribution is 2.39. The van der Waals surface area contributed by atoms with Crippen molar-refractivity contribution in [1.82, 2.24) is 0 Å². The largest absolute Gasteiger partial charge is 0.376 e. The van der Waals surface area contributed by atoms with E-state index < -0.39 is 11.6 Å². The smallest absolute Gasteiger partial charge is 0.152 e. The average Bonchev–Trinajstić information content (AvgIpc) is 3.28. The van der Waals surface area contributed by atoms with E-state index in [1.807, 2.05) is 12.1 Å². The fraction of sp³-hybridized carbons (Fsp3) is 0.294. The Kier molecular flexibility index (Phi) is 3.43. The highest BCUT2D eigenvalue weighted by Gasteiger charge is 2.22. The summed E-state index contributed by atoms with van der Waals surface area (Å²) >= 11 is 0. The number of halogens is 2. The second-order valence-corrected chi connectivity index (χ2v) is 5.42. The minimum Gasteiger partial charge on any atom is -0.376 e. The van der Waals surface area contributed by atoms with Gasteiger partial charge in [-0.3, -0.25) is 0 Å². The summed E-state index contributed by atoms with van der Waals surface area (Å²) in [6, 6.07) is 11.0. The van der Waals surface area contributed by atoms with Gasteiger partial charge in [0.25, 0.3) is 0 Å². The minimum absolute atomic E-state index is 0.0451. The molecule has 3 rings (SSSR count). The number of nitrogens with one attached hydrogen (secondary N) is 1. The Balaban J connectivity index is 1.71. The van der Waals surface area contributed by atoms with Gasteiger partial charge in [-0.25, -0.2) is 8.78 Å². The van der Waals surface area contributed by atoms with Gasteiger partial charge in [-0.15, -0.1) is 0 Å². The maximum atomic E-state index is 13.8. The molecule has 0 aliphatic heterocycles. The van der Waals surface area contributed by atoms with Crippen LogP contribution in [0.5, 0.6) is 0 Å². The Morgan fingerprint density at radius 1 is 1.05 bits per heavy atom. The molecule has 3 heteroatoms. The lowest BCUT2D eigenvalue weighted by atomic mass is 10.1. The summed E-state index contributed by atoms with van der Waals surface area (Å²) in [4.78, 5) is 0. The van der Waals surface area contributed by atoms with E-state index in [-0.39, 0.29) is 5.69 Å². The lowest BCUT2D eigenvalue weighted by Crippen LogP contribution is -2.05. The van der Waals surface area contributed by atoms with Crippen molar-refractivity contribution < 1.29 is 8.78 Å². The van der Waals surface area contributed by atoms with E-state index in [9.17, 15) is 8.78 Å². The highest BCUT2D eigenvalue weighted by molar-refractivity contribution is 5.49. The first-order chi connectivity index (χ1) is 9.65. The van der Waals surface area contributed by atoms with Crippen molar-refractivity contribution in [2.24, 2.45) is 0 Å². The first-order valence-corrected chi connectivity index (χ1v) is 6.92.